The Balaban J connectivity index is 0.000000212. The Hall–Kier alpha value is -0.240. The van der Waals surface area contributed by atoms with Crippen LogP contribution in [0.4, 0.5) is 0 Å². The van der Waals surface area contributed by atoms with Gasteiger partial charge in [0, 0.05) is 19.0 Å². The fourth-order valence-electron chi connectivity index (χ4n) is 2.88. The van der Waals surface area contributed by atoms with Gasteiger partial charge in [0.1, 0.15) is 0 Å². The minimum absolute atomic E-state index is 0.461. The molecule has 0 aromatic carbocycles. The lowest BCUT2D eigenvalue weighted by Crippen LogP contribution is -2.44. The molecule has 2 aliphatic heterocycles. The highest BCUT2D eigenvalue weighted by Gasteiger charge is 2.58. The van der Waals surface area contributed by atoms with E-state index < -0.39 is 12.4 Å². The molecule has 0 bridgehead atoms. The molecule has 3 aliphatic rings. The van der Waals surface area contributed by atoms with Gasteiger partial charge in [-0.15, -0.1) is 0 Å². The summed E-state index contributed by atoms with van der Waals surface area (Å²) in [4.78, 5) is 1.90. The highest BCUT2D eigenvalue weighted by atomic mass is 16.6. The molecule has 16 heavy (non-hydrogen) atoms. The Kier molecular flexibility index (Phi) is 2.98. The minimum atomic E-state index is -2.17. The molecular weight excluding hydrogens is 214 g/mol. The van der Waals surface area contributed by atoms with Gasteiger partial charge in [0.25, 0.3) is 6.48 Å². The van der Waals surface area contributed by atoms with E-state index in [4.69, 9.17) is 15.3 Å². The Morgan fingerprint density at radius 2 is 1.62 bits per heavy atom. The lowest BCUT2D eigenvalue weighted by atomic mass is 10.0. The highest BCUT2D eigenvalue weighted by molar-refractivity contribution is 5.08. The van der Waals surface area contributed by atoms with E-state index in [-0.39, 0.29) is 0 Å². The summed E-state index contributed by atoms with van der Waals surface area (Å²) in [7, 11) is 0. The third-order valence-corrected chi connectivity index (χ3v) is 3.85. The van der Waals surface area contributed by atoms with Gasteiger partial charge in [0.2, 0.25) is 5.91 Å². The average Bonchev–Trinajstić information content (AvgIpc) is 2.65. The number of aliphatic hydroxyl groups is 5. The number of aliphatic hydroxyl groups excluding tert-OH is 1. The first-order valence-electron chi connectivity index (χ1n) is 5.60. The summed E-state index contributed by atoms with van der Waals surface area (Å²) >= 11 is 0. The van der Waals surface area contributed by atoms with E-state index in [2.05, 4.69) is 0 Å². The maximum Gasteiger partial charge on any atom is 0.263 e. The molecule has 1 atom stereocenters. The van der Waals surface area contributed by atoms with E-state index in [0.717, 1.165) is 13.0 Å². The van der Waals surface area contributed by atoms with Crippen LogP contribution >= 0.6 is 0 Å². The number of hydrogen-bond donors (Lipinski definition) is 5. The summed E-state index contributed by atoms with van der Waals surface area (Å²) in [5, 5.41) is 40.7. The molecule has 6 heteroatoms. The van der Waals surface area contributed by atoms with Crippen molar-refractivity contribution in [1.29, 1.82) is 0 Å². The molecule has 1 spiro atoms. The zero-order valence-electron chi connectivity index (χ0n) is 9.08. The molecular formula is C10H19NO5. The van der Waals surface area contributed by atoms with E-state index in [0.29, 0.717) is 17.9 Å². The van der Waals surface area contributed by atoms with Crippen LogP contribution in [0.15, 0.2) is 0 Å². The van der Waals surface area contributed by atoms with Crippen molar-refractivity contribution < 1.29 is 25.5 Å². The van der Waals surface area contributed by atoms with Gasteiger partial charge in [-0.3, -0.25) is 0 Å². The van der Waals surface area contributed by atoms with E-state index in [9.17, 15) is 10.2 Å². The van der Waals surface area contributed by atoms with Crippen molar-refractivity contribution in [2.75, 3.05) is 6.54 Å². The summed E-state index contributed by atoms with van der Waals surface area (Å²) in [5.41, 5.74) is 0.502. The molecule has 1 aliphatic carbocycles. The van der Waals surface area contributed by atoms with Crippen molar-refractivity contribution in [2.45, 2.75) is 50.5 Å². The Bertz CT molecular complexity index is 261. The first-order valence-corrected chi connectivity index (χ1v) is 5.60. The smallest absolute Gasteiger partial charge is 0.263 e. The molecule has 2 heterocycles. The molecule has 1 unspecified atom stereocenters. The summed E-state index contributed by atoms with van der Waals surface area (Å²) in [5.74, 6) is -1.48. The molecule has 0 aromatic rings. The summed E-state index contributed by atoms with van der Waals surface area (Å²) < 4.78 is 0. The topological polar surface area (TPSA) is 104 Å². The Morgan fingerprint density at radius 3 is 2.06 bits per heavy atom. The third-order valence-electron chi connectivity index (χ3n) is 3.85. The van der Waals surface area contributed by atoms with E-state index in [1.807, 2.05) is 4.90 Å². The van der Waals surface area contributed by atoms with Gasteiger partial charge in [-0.1, -0.05) is 0 Å². The van der Waals surface area contributed by atoms with Gasteiger partial charge in [0.15, 0.2) is 0 Å². The fourth-order valence-corrected chi connectivity index (χ4v) is 2.88. The molecule has 0 amide bonds. The standard InChI is InChI=1S/C9H15NO2.CH4O3/c11-9(12)2-1-7-5-8(3-4-8)6-10(7)9;2-1(3)4/h7,11-12H,1-6H2;1-4H. The van der Waals surface area contributed by atoms with E-state index in [1.165, 1.54) is 19.3 Å². The minimum Gasteiger partial charge on any atom is -0.353 e. The number of rotatable bonds is 0. The van der Waals surface area contributed by atoms with Gasteiger partial charge in [-0.25, -0.2) is 4.90 Å². The van der Waals surface area contributed by atoms with Crippen molar-refractivity contribution in [1.82, 2.24) is 4.90 Å². The van der Waals surface area contributed by atoms with Crippen LogP contribution in [-0.4, -0.2) is 55.4 Å². The second-order valence-electron chi connectivity index (χ2n) is 5.15. The number of hydrogen-bond acceptors (Lipinski definition) is 6. The molecule has 6 nitrogen and oxygen atoms in total. The van der Waals surface area contributed by atoms with Gasteiger partial charge in [-0.2, -0.15) is 0 Å². The zero-order chi connectivity index (χ0) is 12.0. The summed E-state index contributed by atoms with van der Waals surface area (Å²) in [6, 6.07) is 0.461. The monoisotopic (exact) mass is 233 g/mol. The van der Waals surface area contributed by atoms with Crippen molar-refractivity contribution in [3.05, 3.63) is 0 Å². The van der Waals surface area contributed by atoms with Crippen molar-refractivity contribution in [3.63, 3.8) is 0 Å². The van der Waals surface area contributed by atoms with Gasteiger partial charge in [-0.05, 0) is 31.1 Å². The largest absolute Gasteiger partial charge is 0.353 e. The SMILES string of the molecule is OC(O)O.OC1(O)CCC2CC3(CC3)CN21. The van der Waals surface area contributed by atoms with Gasteiger partial charge < -0.3 is 25.5 Å². The van der Waals surface area contributed by atoms with Crippen LogP contribution in [0.1, 0.15) is 32.1 Å². The zero-order valence-corrected chi connectivity index (χ0v) is 9.08. The second-order valence-corrected chi connectivity index (χ2v) is 5.15. The first kappa shape index (κ1) is 12.2. The van der Waals surface area contributed by atoms with Crippen LogP contribution in [0.2, 0.25) is 0 Å². The molecule has 5 N–H and O–H groups in total. The Labute approximate surface area is 93.7 Å². The molecule has 2 saturated heterocycles. The third kappa shape index (κ3) is 2.37. The van der Waals surface area contributed by atoms with Crippen LogP contribution in [-0.2, 0) is 0 Å². The van der Waals surface area contributed by atoms with E-state index in [1.54, 1.807) is 0 Å². The van der Waals surface area contributed by atoms with Crippen molar-refractivity contribution >= 4 is 0 Å². The van der Waals surface area contributed by atoms with Gasteiger partial charge in [0.05, 0.1) is 0 Å². The van der Waals surface area contributed by atoms with Crippen LogP contribution in [0.25, 0.3) is 0 Å². The van der Waals surface area contributed by atoms with Crippen LogP contribution < -0.4 is 0 Å². The predicted octanol–water partition coefficient (Wildman–Crippen LogP) is -1.48. The highest BCUT2D eigenvalue weighted by Crippen LogP contribution is 2.58. The van der Waals surface area contributed by atoms with Crippen LogP contribution in [0.5, 0.6) is 0 Å². The van der Waals surface area contributed by atoms with Crippen molar-refractivity contribution in [3.8, 4) is 0 Å². The fraction of sp³-hybridized carbons (Fsp3) is 1.00. The number of nitrogens with zero attached hydrogens (tertiary/aromatic N) is 1. The second kappa shape index (κ2) is 3.90. The normalized spacial score (nSPS) is 33.8. The van der Waals surface area contributed by atoms with E-state index >= 15 is 0 Å². The molecule has 1 saturated carbocycles. The predicted molar refractivity (Wildman–Crippen MR) is 53.6 cm³/mol. The van der Waals surface area contributed by atoms with Crippen LogP contribution in [0, 0.1) is 5.41 Å². The Morgan fingerprint density at radius 1 is 1.06 bits per heavy atom. The average molecular weight is 233 g/mol. The first-order chi connectivity index (χ1) is 7.35. The summed E-state index contributed by atoms with van der Waals surface area (Å²) in [6.45, 7) is -1.25. The van der Waals surface area contributed by atoms with Crippen molar-refractivity contribution in [2.24, 2.45) is 5.41 Å². The molecule has 3 fully saturated rings. The summed E-state index contributed by atoms with van der Waals surface area (Å²) in [6.07, 6.45) is 5.31. The van der Waals surface area contributed by atoms with Gasteiger partial charge >= 0.3 is 0 Å². The molecule has 94 valence electrons. The molecule has 3 rings (SSSR count). The molecule has 0 aromatic heterocycles. The maximum atomic E-state index is 9.61. The number of fused-ring (bicyclic) bond motifs is 1. The maximum absolute atomic E-state index is 9.61. The van der Waals surface area contributed by atoms with Crippen LogP contribution in [0.3, 0.4) is 0 Å². The lowest BCUT2D eigenvalue weighted by molar-refractivity contribution is -0.246. The quantitative estimate of drug-likeness (QED) is 0.327. The lowest BCUT2D eigenvalue weighted by Gasteiger charge is -2.27. The molecule has 0 radical (unpaired) electrons.